The molecule has 0 aliphatic heterocycles. The summed E-state index contributed by atoms with van der Waals surface area (Å²) in [7, 11) is 0. The minimum atomic E-state index is -2.41. The number of hydrogen-bond donors (Lipinski definition) is 1. The third kappa shape index (κ3) is 4.49. The standard InChI is InChI=1S/C11H12F2N2S/c12-11(13)16-10-6-2-1-5-9(10)15-8-4-3-7-14/h1-2,5-6,11,15H,3-4,8H2. The first-order valence-electron chi connectivity index (χ1n) is 4.88. The molecule has 1 rings (SSSR count). The summed E-state index contributed by atoms with van der Waals surface area (Å²) in [5.41, 5.74) is 0.700. The predicted molar refractivity (Wildman–Crippen MR) is 61.6 cm³/mol. The lowest BCUT2D eigenvalue weighted by atomic mass is 10.3. The van der Waals surface area contributed by atoms with Crippen molar-refractivity contribution in [3.05, 3.63) is 24.3 Å². The van der Waals surface area contributed by atoms with E-state index in [1.54, 1.807) is 24.3 Å². The lowest BCUT2D eigenvalue weighted by molar-refractivity contribution is 0.252. The molecule has 0 heterocycles. The molecule has 0 unspecified atom stereocenters. The van der Waals surface area contributed by atoms with Crippen molar-refractivity contribution in [2.24, 2.45) is 0 Å². The van der Waals surface area contributed by atoms with Crippen molar-refractivity contribution in [1.82, 2.24) is 0 Å². The molecule has 2 nitrogen and oxygen atoms in total. The maximum atomic E-state index is 12.2. The normalized spacial score (nSPS) is 10.1. The Labute approximate surface area is 97.7 Å². The van der Waals surface area contributed by atoms with Crippen molar-refractivity contribution in [2.45, 2.75) is 23.5 Å². The molecule has 1 N–H and O–H groups in total. The van der Waals surface area contributed by atoms with Crippen LogP contribution in [0.25, 0.3) is 0 Å². The van der Waals surface area contributed by atoms with Gasteiger partial charge in [-0.3, -0.25) is 0 Å². The highest BCUT2D eigenvalue weighted by Crippen LogP contribution is 2.31. The van der Waals surface area contributed by atoms with Crippen molar-refractivity contribution in [3.63, 3.8) is 0 Å². The highest BCUT2D eigenvalue weighted by Gasteiger charge is 2.08. The average molecular weight is 242 g/mol. The molecule has 0 spiro atoms. The highest BCUT2D eigenvalue weighted by molar-refractivity contribution is 7.99. The van der Waals surface area contributed by atoms with Gasteiger partial charge in [0.2, 0.25) is 0 Å². The second kappa shape index (κ2) is 7.07. The van der Waals surface area contributed by atoms with E-state index in [1.807, 2.05) is 6.07 Å². The Bertz CT molecular complexity index is 363. The zero-order valence-electron chi connectivity index (χ0n) is 8.62. The van der Waals surface area contributed by atoms with Gasteiger partial charge in [-0.05, 0) is 18.6 Å². The molecule has 0 atom stereocenters. The Morgan fingerprint density at radius 3 is 2.81 bits per heavy atom. The van der Waals surface area contributed by atoms with Crippen LogP contribution < -0.4 is 5.32 Å². The molecule has 0 saturated carbocycles. The van der Waals surface area contributed by atoms with Crippen molar-refractivity contribution in [1.29, 1.82) is 5.26 Å². The second-order valence-corrected chi connectivity index (χ2v) is 4.09. The summed E-state index contributed by atoms with van der Waals surface area (Å²) in [6.07, 6.45) is 1.18. The smallest absolute Gasteiger partial charge is 0.288 e. The SMILES string of the molecule is N#CCCCNc1ccccc1SC(F)F. The van der Waals surface area contributed by atoms with Gasteiger partial charge in [0, 0.05) is 23.5 Å². The van der Waals surface area contributed by atoms with Crippen molar-refractivity contribution >= 4 is 17.4 Å². The van der Waals surface area contributed by atoms with Crippen LogP contribution in [0.5, 0.6) is 0 Å². The van der Waals surface area contributed by atoms with Crippen molar-refractivity contribution in [3.8, 4) is 6.07 Å². The Balaban J connectivity index is 2.54. The monoisotopic (exact) mass is 242 g/mol. The summed E-state index contributed by atoms with van der Waals surface area (Å²) in [6, 6.07) is 8.97. The van der Waals surface area contributed by atoms with Crippen molar-refractivity contribution in [2.75, 3.05) is 11.9 Å². The molecule has 86 valence electrons. The van der Waals surface area contributed by atoms with Crippen LogP contribution in [0.15, 0.2) is 29.2 Å². The number of nitrogens with one attached hydrogen (secondary N) is 1. The fraction of sp³-hybridized carbons (Fsp3) is 0.364. The molecule has 0 fully saturated rings. The van der Waals surface area contributed by atoms with Crippen LogP contribution in [0.4, 0.5) is 14.5 Å². The summed E-state index contributed by atoms with van der Waals surface area (Å²) in [4.78, 5) is 0.537. The van der Waals surface area contributed by atoms with E-state index in [-0.39, 0.29) is 0 Å². The Morgan fingerprint density at radius 2 is 2.12 bits per heavy atom. The Morgan fingerprint density at radius 1 is 1.38 bits per heavy atom. The number of nitriles is 1. The largest absolute Gasteiger partial charge is 0.384 e. The van der Waals surface area contributed by atoms with Crippen LogP contribution in [-0.4, -0.2) is 12.3 Å². The van der Waals surface area contributed by atoms with Gasteiger partial charge in [-0.25, -0.2) is 0 Å². The van der Waals surface area contributed by atoms with Gasteiger partial charge in [0.15, 0.2) is 0 Å². The van der Waals surface area contributed by atoms with E-state index < -0.39 is 5.76 Å². The number of halogens is 2. The van der Waals surface area contributed by atoms with E-state index in [9.17, 15) is 8.78 Å². The third-order valence-electron chi connectivity index (χ3n) is 1.88. The predicted octanol–water partition coefficient (Wildman–Crippen LogP) is 3.72. The Kier molecular flexibility index (Phi) is 5.65. The van der Waals surface area contributed by atoms with Crippen LogP contribution in [0.1, 0.15) is 12.8 Å². The van der Waals surface area contributed by atoms with Gasteiger partial charge >= 0.3 is 0 Å². The Hall–Kier alpha value is -1.28. The zero-order chi connectivity index (χ0) is 11.8. The lowest BCUT2D eigenvalue weighted by Crippen LogP contribution is -2.02. The van der Waals surface area contributed by atoms with Crippen LogP contribution in [0.3, 0.4) is 0 Å². The molecule has 0 aliphatic carbocycles. The fourth-order valence-electron chi connectivity index (χ4n) is 1.20. The quantitative estimate of drug-likeness (QED) is 0.610. The minimum Gasteiger partial charge on any atom is -0.384 e. The first-order chi connectivity index (χ1) is 7.74. The average Bonchev–Trinajstić information content (AvgIpc) is 2.26. The van der Waals surface area contributed by atoms with Gasteiger partial charge in [-0.2, -0.15) is 14.0 Å². The molecule has 16 heavy (non-hydrogen) atoms. The van der Waals surface area contributed by atoms with E-state index in [0.29, 0.717) is 41.7 Å². The topological polar surface area (TPSA) is 35.8 Å². The summed E-state index contributed by atoms with van der Waals surface area (Å²) in [5, 5.41) is 11.4. The van der Waals surface area contributed by atoms with E-state index in [2.05, 4.69) is 5.32 Å². The molecule has 0 radical (unpaired) electrons. The lowest BCUT2D eigenvalue weighted by Gasteiger charge is -2.10. The third-order valence-corrected chi connectivity index (χ3v) is 2.67. The number of unbranched alkanes of at least 4 members (excludes halogenated alkanes) is 1. The number of hydrogen-bond acceptors (Lipinski definition) is 3. The van der Waals surface area contributed by atoms with Crippen LogP contribution in [-0.2, 0) is 0 Å². The first-order valence-corrected chi connectivity index (χ1v) is 5.76. The number of nitrogens with zero attached hydrogens (tertiary/aromatic N) is 1. The maximum Gasteiger partial charge on any atom is 0.288 e. The summed E-state index contributed by atoms with van der Waals surface area (Å²) < 4.78 is 24.5. The first kappa shape index (κ1) is 12.8. The van der Waals surface area contributed by atoms with Gasteiger partial charge in [-0.15, -0.1) is 0 Å². The number of thioether (sulfide) groups is 1. The number of rotatable bonds is 6. The molecule has 1 aromatic carbocycles. The molecule has 0 saturated heterocycles. The number of anilines is 1. The molecule has 0 aliphatic rings. The molecule has 0 amide bonds. The van der Waals surface area contributed by atoms with Crippen molar-refractivity contribution < 1.29 is 8.78 Å². The summed E-state index contributed by atoms with van der Waals surface area (Å²) in [5.74, 6) is -2.41. The van der Waals surface area contributed by atoms with E-state index in [0.717, 1.165) is 0 Å². The van der Waals surface area contributed by atoms with E-state index >= 15 is 0 Å². The molecular formula is C11H12F2N2S. The van der Waals surface area contributed by atoms with E-state index in [1.165, 1.54) is 0 Å². The molecule has 5 heteroatoms. The number of alkyl halides is 2. The minimum absolute atomic E-state index is 0.469. The summed E-state index contributed by atoms with van der Waals surface area (Å²) >= 11 is 0.528. The van der Waals surface area contributed by atoms with Crippen LogP contribution in [0, 0.1) is 11.3 Å². The number of para-hydroxylation sites is 1. The summed E-state index contributed by atoms with van der Waals surface area (Å²) in [6.45, 7) is 0.619. The zero-order valence-corrected chi connectivity index (χ0v) is 9.44. The van der Waals surface area contributed by atoms with Gasteiger partial charge in [0.1, 0.15) is 0 Å². The second-order valence-electron chi connectivity index (χ2n) is 3.06. The number of benzene rings is 1. The van der Waals surface area contributed by atoms with Gasteiger partial charge in [0.25, 0.3) is 5.76 Å². The maximum absolute atomic E-state index is 12.2. The van der Waals surface area contributed by atoms with Crippen LogP contribution in [0.2, 0.25) is 0 Å². The molecular weight excluding hydrogens is 230 g/mol. The van der Waals surface area contributed by atoms with E-state index in [4.69, 9.17) is 5.26 Å². The highest BCUT2D eigenvalue weighted by atomic mass is 32.2. The molecule has 0 aromatic heterocycles. The van der Waals surface area contributed by atoms with Gasteiger partial charge in [0.05, 0.1) is 6.07 Å². The molecule has 0 bridgehead atoms. The van der Waals surface area contributed by atoms with Gasteiger partial charge < -0.3 is 5.32 Å². The fourth-order valence-corrected chi connectivity index (χ4v) is 1.82. The van der Waals surface area contributed by atoms with Gasteiger partial charge in [-0.1, -0.05) is 23.9 Å². The molecule has 1 aromatic rings. The van der Waals surface area contributed by atoms with Crippen LogP contribution >= 0.6 is 11.8 Å².